The average Bonchev–Trinajstić information content (AvgIpc) is 3.74. The summed E-state index contributed by atoms with van der Waals surface area (Å²) in [5, 5.41) is 26.6. The van der Waals surface area contributed by atoms with Crippen LogP contribution < -0.4 is 20.3 Å². The van der Waals surface area contributed by atoms with E-state index in [1.54, 1.807) is 12.1 Å². The minimum Gasteiger partial charge on any atom is -0.491 e. The van der Waals surface area contributed by atoms with Crippen LogP contribution in [0.15, 0.2) is 47.5 Å². The van der Waals surface area contributed by atoms with Crippen LogP contribution in [0.2, 0.25) is 0 Å². The van der Waals surface area contributed by atoms with E-state index < -0.39 is 17.3 Å². The molecule has 2 aromatic carbocycles. The van der Waals surface area contributed by atoms with Crippen LogP contribution in [0.4, 0.5) is 26.8 Å². The van der Waals surface area contributed by atoms with Gasteiger partial charge in [-0.15, -0.1) is 33.9 Å². The zero-order valence-electron chi connectivity index (χ0n) is 30.6. The quantitative estimate of drug-likeness (QED) is 0.0928. The van der Waals surface area contributed by atoms with Crippen LogP contribution in [0.5, 0.6) is 5.75 Å². The summed E-state index contributed by atoms with van der Waals surface area (Å²) >= 11 is 1.33. The number of benzene rings is 2. The van der Waals surface area contributed by atoms with Gasteiger partial charge < -0.3 is 25.4 Å². The lowest BCUT2D eigenvalue weighted by molar-refractivity contribution is 0.0690. The Bertz CT molecular complexity index is 2130. The van der Waals surface area contributed by atoms with Crippen molar-refractivity contribution >= 4 is 45.6 Å². The molecule has 0 saturated heterocycles. The second-order valence-corrected chi connectivity index (χ2v) is 14.7. The highest BCUT2D eigenvalue weighted by Crippen LogP contribution is 2.40. The molecule has 274 valence electrons. The van der Waals surface area contributed by atoms with Crippen molar-refractivity contribution in [3.63, 3.8) is 0 Å². The maximum atomic E-state index is 14.9. The number of aryl methyl sites for hydroxylation is 1. The van der Waals surface area contributed by atoms with Gasteiger partial charge in [-0.3, -0.25) is 0 Å². The number of amidine groups is 1. The van der Waals surface area contributed by atoms with Crippen molar-refractivity contribution in [3.8, 4) is 29.9 Å². The molecule has 12 heteroatoms. The summed E-state index contributed by atoms with van der Waals surface area (Å²) in [5.41, 5.74) is 4.38. The number of hydrogen-bond donors (Lipinski definition) is 3. The molecule has 0 fully saturated rings. The SMILES string of the molecule is C#CCCCNC(C)(C)C#Cc1ccc(OCCCc2sc(N3CCCc4c3nnc(N=C3Nc5ccccc5C3CC)c4C)nc2C(=O)O)c(F)c1. The summed E-state index contributed by atoms with van der Waals surface area (Å²) in [6, 6.07) is 12.9. The zero-order chi connectivity index (χ0) is 37.5. The predicted molar refractivity (Wildman–Crippen MR) is 209 cm³/mol. The normalized spacial score (nSPS) is 15.6. The van der Waals surface area contributed by atoms with Gasteiger partial charge in [0.05, 0.1) is 12.1 Å². The third kappa shape index (κ3) is 8.68. The Hall–Kier alpha value is -5.30. The number of rotatable bonds is 13. The Morgan fingerprint density at radius 3 is 2.85 bits per heavy atom. The second kappa shape index (κ2) is 16.6. The molecular formula is C41H44FN7O3S. The summed E-state index contributed by atoms with van der Waals surface area (Å²) in [4.78, 5) is 24.3. The number of hydrogen-bond acceptors (Lipinski definition) is 9. The number of halogens is 1. The van der Waals surface area contributed by atoms with Gasteiger partial charge in [0.15, 0.2) is 34.0 Å². The molecule has 2 aromatic heterocycles. The molecule has 53 heavy (non-hydrogen) atoms. The maximum Gasteiger partial charge on any atom is 0.355 e. The van der Waals surface area contributed by atoms with Crippen LogP contribution in [0.25, 0.3) is 0 Å². The Kier molecular flexibility index (Phi) is 11.7. The van der Waals surface area contributed by atoms with Crippen LogP contribution >= 0.6 is 11.3 Å². The van der Waals surface area contributed by atoms with E-state index in [0.717, 1.165) is 54.9 Å². The molecule has 0 aliphatic carbocycles. The number of fused-ring (bicyclic) bond motifs is 2. The summed E-state index contributed by atoms with van der Waals surface area (Å²) in [5.74, 6) is 9.59. The van der Waals surface area contributed by atoms with E-state index in [9.17, 15) is 14.3 Å². The molecule has 4 heterocycles. The van der Waals surface area contributed by atoms with Gasteiger partial charge in [0.1, 0.15) is 5.84 Å². The van der Waals surface area contributed by atoms with E-state index in [-0.39, 0.29) is 24.0 Å². The Balaban J connectivity index is 1.10. The van der Waals surface area contributed by atoms with Crippen LogP contribution in [0.3, 0.4) is 0 Å². The highest BCUT2D eigenvalue weighted by atomic mass is 32.1. The van der Waals surface area contributed by atoms with Gasteiger partial charge in [-0.2, -0.15) is 0 Å². The Morgan fingerprint density at radius 1 is 1.25 bits per heavy atom. The van der Waals surface area contributed by atoms with Crippen molar-refractivity contribution in [2.45, 2.75) is 84.1 Å². The van der Waals surface area contributed by atoms with Crippen LogP contribution in [0, 0.1) is 36.9 Å². The summed E-state index contributed by atoms with van der Waals surface area (Å²) in [7, 11) is 0. The van der Waals surface area contributed by atoms with Gasteiger partial charge in [-0.25, -0.2) is 19.2 Å². The van der Waals surface area contributed by atoms with Gasteiger partial charge in [0.2, 0.25) is 0 Å². The molecule has 0 saturated carbocycles. The highest BCUT2D eigenvalue weighted by Gasteiger charge is 2.30. The number of aromatic nitrogens is 3. The molecule has 4 aromatic rings. The third-order valence-corrected chi connectivity index (χ3v) is 10.5. The fraction of sp³-hybridized carbons (Fsp3) is 0.390. The van der Waals surface area contributed by atoms with Gasteiger partial charge in [-0.1, -0.05) is 37.0 Å². The van der Waals surface area contributed by atoms with Crippen molar-refractivity contribution < 1.29 is 19.0 Å². The lowest BCUT2D eigenvalue weighted by Crippen LogP contribution is -2.38. The molecule has 6 rings (SSSR count). The molecule has 0 spiro atoms. The lowest BCUT2D eigenvalue weighted by atomic mass is 9.98. The van der Waals surface area contributed by atoms with Gasteiger partial charge >= 0.3 is 5.97 Å². The van der Waals surface area contributed by atoms with E-state index in [1.807, 2.05) is 37.8 Å². The van der Waals surface area contributed by atoms with Crippen molar-refractivity contribution in [1.29, 1.82) is 0 Å². The number of para-hydroxylation sites is 1. The number of aromatic carboxylic acids is 1. The highest BCUT2D eigenvalue weighted by molar-refractivity contribution is 7.16. The molecule has 0 radical (unpaired) electrons. The number of carboxylic acids is 1. The van der Waals surface area contributed by atoms with E-state index in [1.165, 1.54) is 23.0 Å². The molecule has 0 bridgehead atoms. The summed E-state index contributed by atoms with van der Waals surface area (Å²) in [6.45, 7) is 9.68. The smallest absolute Gasteiger partial charge is 0.355 e. The maximum absolute atomic E-state index is 14.9. The molecule has 2 aliphatic rings. The topological polar surface area (TPSA) is 125 Å². The van der Waals surface area contributed by atoms with Crippen molar-refractivity contribution in [2.24, 2.45) is 4.99 Å². The van der Waals surface area contributed by atoms with Crippen molar-refractivity contribution in [2.75, 3.05) is 29.9 Å². The first-order chi connectivity index (χ1) is 25.6. The molecule has 10 nitrogen and oxygen atoms in total. The first-order valence-corrected chi connectivity index (χ1v) is 18.9. The minimum atomic E-state index is -1.10. The first kappa shape index (κ1) is 37.5. The Labute approximate surface area is 314 Å². The fourth-order valence-corrected chi connectivity index (χ4v) is 7.67. The molecule has 0 amide bonds. The molecule has 1 atom stereocenters. The first-order valence-electron chi connectivity index (χ1n) is 18.0. The molecule has 2 aliphatic heterocycles. The lowest BCUT2D eigenvalue weighted by Gasteiger charge is -2.28. The van der Waals surface area contributed by atoms with E-state index in [2.05, 4.69) is 62.6 Å². The third-order valence-electron chi connectivity index (χ3n) is 9.37. The van der Waals surface area contributed by atoms with Crippen LogP contribution in [-0.4, -0.2) is 57.3 Å². The monoisotopic (exact) mass is 733 g/mol. The van der Waals surface area contributed by atoms with Crippen molar-refractivity contribution in [3.05, 3.63) is 81.1 Å². The van der Waals surface area contributed by atoms with Crippen LogP contribution in [0.1, 0.15) is 96.4 Å². The van der Waals surface area contributed by atoms with E-state index in [0.29, 0.717) is 53.0 Å². The number of carbonyl (C=O) groups is 1. The number of terminal acetylenes is 1. The number of nitrogens with one attached hydrogen (secondary N) is 2. The average molecular weight is 734 g/mol. The van der Waals surface area contributed by atoms with Crippen LogP contribution in [-0.2, 0) is 12.8 Å². The van der Waals surface area contributed by atoms with Crippen molar-refractivity contribution in [1.82, 2.24) is 20.5 Å². The molecule has 1 unspecified atom stereocenters. The summed E-state index contributed by atoms with van der Waals surface area (Å²) < 4.78 is 20.7. The number of ether oxygens (including phenoxy) is 1. The molecule has 3 N–H and O–H groups in total. The number of anilines is 3. The summed E-state index contributed by atoms with van der Waals surface area (Å²) in [6.07, 6.45) is 10.3. The fourth-order valence-electron chi connectivity index (χ4n) is 6.55. The minimum absolute atomic E-state index is 0.00451. The number of nitrogens with zero attached hydrogens (tertiary/aromatic N) is 5. The number of carboxylic acid groups (broad SMARTS) is 1. The predicted octanol–water partition coefficient (Wildman–Crippen LogP) is 7.96. The second-order valence-electron chi connectivity index (χ2n) is 13.7. The molecular weight excluding hydrogens is 690 g/mol. The van der Waals surface area contributed by atoms with E-state index in [4.69, 9.17) is 16.2 Å². The number of thiazole rings is 1. The van der Waals surface area contributed by atoms with Gasteiger partial charge in [-0.05, 0) is 95.7 Å². The van der Waals surface area contributed by atoms with Gasteiger partial charge in [0, 0.05) is 46.1 Å². The zero-order valence-corrected chi connectivity index (χ0v) is 31.4. The van der Waals surface area contributed by atoms with Gasteiger partial charge in [0.25, 0.3) is 0 Å². The largest absolute Gasteiger partial charge is 0.491 e. The number of unbranched alkanes of at least 4 members (excludes halogenated alkanes) is 1. The number of aliphatic imine (C=N–C) groups is 1. The van der Waals surface area contributed by atoms with E-state index >= 15 is 0 Å². The Morgan fingerprint density at radius 2 is 2.08 bits per heavy atom. The standard InChI is InChI=1S/C41H44FN7O3S/c1-6-8-11-22-43-41(4,5)21-20-27-18-19-33(31(42)25-27)52-24-13-17-34-35(39(50)51)45-40(53-34)49-23-12-15-29-26(3)36(47-48-38(29)49)46-37-28(7-2)30-14-9-10-16-32(30)44-37/h1,9-10,14,16,18-19,25,28,43H,7-8,11-13,15,17,22-24H2,2-5H3,(H,50,51)(H,44,46,47).